The number of hydrogen-bond donors (Lipinski definition) is 1. The minimum atomic E-state index is -0.401. The third kappa shape index (κ3) is 2.27. The molecule has 0 aliphatic rings. The Balaban J connectivity index is 2.38. The summed E-state index contributed by atoms with van der Waals surface area (Å²) in [5, 5.41) is 8.07. The summed E-state index contributed by atoms with van der Waals surface area (Å²) >= 11 is 0. The molecule has 17 heavy (non-hydrogen) atoms. The fourth-order valence-electron chi connectivity index (χ4n) is 1.90. The van der Waals surface area contributed by atoms with Gasteiger partial charge in [0.05, 0.1) is 5.52 Å². The maximum atomic E-state index is 11.5. The van der Waals surface area contributed by atoms with E-state index in [9.17, 15) is 4.79 Å². The number of nitrogens with two attached hydrogens (primary N) is 1. The number of unbranched alkanes of at least 4 members (excludes halogenated alkanes) is 1. The van der Waals surface area contributed by atoms with Crippen molar-refractivity contribution in [2.24, 2.45) is 5.73 Å². The molecule has 5 nitrogen and oxygen atoms in total. The zero-order chi connectivity index (χ0) is 12.3. The van der Waals surface area contributed by atoms with E-state index >= 15 is 0 Å². The number of aromatic nitrogens is 3. The van der Waals surface area contributed by atoms with Crippen molar-refractivity contribution in [3.63, 3.8) is 0 Å². The van der Waals surface area contributed by atoms with Gasteiger partial charge in [0.25, 0.3) is 0 Å². The van der Waals surface area contributed by atoms with Crippen LogP contribution in [0.1, 0.15) is 32.2 Å². The van der Waals surface area contributed by atoms with Crippen molar-refractivity contribution >= 4 is 16.9 Å². The number of carbonyl (C=O) groups is 1. The number of nitrogens with zero attached hydrogens (tertiary/aromatic N) is 3. The Kier molecular flexibility index (Phi) is 3.37. The van der Waals surface area contributed by atoms with Gasteiger partial charge in [-0.05, 0) is 18.6 Å². The SMILES string of the molecule is CCCCC(C(N)=O)n1nnc2ccccc21. The van der Waals surface area contributed by atoms with Crippen molar-refractivity contribution in [1.29, 1.82) is 0 Å². The van der Waals surface area contributed by atoms with E-state index < -0.39 is 6.04 Å². The van der Waals surface area contributed by atoms with Gasteiger partial charge in [-0.1, -0.05) is 37.1 Å². The van der Waals surface area contributed by atoms with Gasteiger partial charge in [-0.2, -0.15) is 0 Å². The molecular formula is C12H16N4O. The highest BCUT2D eigenvalue weighted by molar-refractivity contribution is 5.81. The summed E-state index contributed by atoms with van der Waals surface area (Å²) in [4.78, 5) is 11.5. The molecule has 0 spiro atoms. The lowest BCUT2D eigenvalue weighted by molar-refractivity contribution is -0.121. The van der Waals surface area contributed by atoms with Crippen LogP contribution in [0.3, 0.4) is 0 Å². The number of primary amides is 1. The second-order valence-electron chi connectivity index (χ2n) is 4.08. The van der Waals surface area contributed by atoms with E-state index in [4.69, 9.17) is 5.73 Å². The van der Waals surface area contributed by atoms with Gasteiger partial charge in [0.15, 0.2) is 0 Å². The molecule has 1 aromatic carbocycles. The minimum Gasteiger partial charge on any atom is -0.368 e. The fraction of sp³-hybridized carbons (Fsp3) is 0.417. The van der Waals surface area contributed by atoms with Crippen LogP contribution in [0.5, 0.6) is 0 Å². The van der Waals surface area contributed by atoms with Crippen molar-refractivity contribution in [1.82, 2.24) is 15.0 Å². The van der Waals surface area contributed by atoms with Gasteiger partial charge in [-0.15, -0.1) is 5.10 Å². The van der Waals surface area contributed by atoms with Crippen LogP contribution in [-0.4, -0.2) is 20.9 Å². The highest BCUT2D eigenvalue weighted by atomic mass is 16.1. The summed E-state index contributed by atoms with van der Waals surface area (Å²) in [5.41, 5.74) is 7.07. The minimum absolute atomic E-state index is 0.353. The number of fused-ring (bicyclic) bond motifs is 1. The Morgan fingerprint density at radius 1 is 1.47 bits per heavy atom. The zero-order valence-corrected chi connectivity index (χ0v) is 9.84. The van der Waals surface area contributed by atoms with Crippen LogP contribution in [-0.2, 0) is 4.79 Å². The van der Waals surface area contributed by atoms with Crippen LogP contribution in [0, 0.1) is 0 Å². The second kappa shape index (κ2) is 4.95. The van der Waals surface area contributed by atoms with E-state index in [0.29, 0.717) is 6.42 Å². The summed E-state index contributed by atoms with van der Waals surface area (Å²) in [7, 11) is 0. The first-order valence-electron chi connectivity index (χ1n) is 5.83. The van der Waals surface area contributed by atoms with Crippen molar-refractivity contribution < 1.29 is 4.79 Å². The van der Waals surface area contributed by atoms with Gasteiger partial charge in [0.2, 0.25) is 5.91 Å². The van der Waals surface area contributed by atoms with Gasteiger partial charge in [-0.25, -0.2) is 4.68 Å². The average Bonchev–Trinajstić information content (AvgIpc) is 2.73. The largest absolute Gasteiger partial charge is 0.368 e. The Labute approximate surface area is 99.6 Å². The summed E-state index contributed by atoms with van der Waals surface area (Å²) < 4.78 is 1.63. The lowest BCUT2D eigenvalue weighted by Crippen LogP contribution is -2.27. The zero-order valence-electron chi connectivity index (χ0n) is 9.84. The van der Waals surface area contributed by atoms with Gasteiger partial charge in [0.1, 0.15) is 11.6 Å². The summed E-state index contributed by atoms with van der Waals surface area (Å²) in [6.45, 7) is 2.08. The fourth-order valence-corrected chi connectivity index (χ4v) is 1.90. The number of benzene rings is 1. The van der Waals surface area contributed by atoms with Crippen LogP contribution < -0.4 is 5.73 Å². The predicted octanol–water partition coefficient (Wildman–Crippen LogP) is 1.65. The summed E-state index contributed by atoms with van der Waals surface area (Å²) in [6.07, 6.45) is 2.68. The van der Waals surface area contributed by atoms with E-state index in [-0.39, 0.29) is 5.91 Å². The average molecular weight is 232 g/mol. The first kappa shape index (κ1) is 11.6. The number of rotatable bonds is 5. The quantitative estimate of drug-likeness (QED) is 0.851. The second-order valence-corrected chi connectivity index (χ2v) is 4.08. The Morgan fingerprint density at radius 3 is 2.94 bits per heavy atom. The first-order valence-corrected chi connectivity index (χ1v) is 5.83. The monoisotopic (exact) mass is 232 g/mol. The van der Waals surface area contributed by atoms with Gasteiger partial charge in [-0.3, -0.25) is 4.79 Å². The molecule has 0 fully saturated rings. The topological polar surface area (TPSA) is 73.8 Å². The highest BCUT2D eigenvalue weighted by Crippen LogP contribution is 2.19. The molecule has 1 amide bonds. The van der Waals surface area contributed by atoms with Crippen molar-refractivity contribution in [2.75, 3.05) is 0 Å². The van der Waals surface area contributed by atoms with Crippen LogP contribution >= 0.6 is 0 Å². The number of hydrogen-bond acceptors (Lipinski definition) is 3. The third-order valence-corrected chi connectivity index (χ3v) is 2.83. The highest BCUT2D eigenvalue weighted by Gasteiger charge is 2.20. The molecule has 90 valence electrons. The normalized spacial score (nSPS) is 12.8. The molecule has 0 bridgehead atoms. The van der Waals surface area contributed by atoms with E-state index in [1.54, 1.807) is 4.68 Å². The van der Waals surface area contributed by atoms with Crippen molar-refractivity contribution in [3.8, 4) is 0 Å². The van der Waals surface area contributed by atoms with Crippen LogP contribution in [0.25, 0.3) is 11.0 Å². The molecule has 0 aliphatic heterocycles. The van der Waals surface area contributed by atoms with E-state index in [1.165, 1.54) is 0 Å². The third-order valence-electron chi connectivity index (χ3n) is 2.83. The lowest BCUT2D eigenvalue weighted by atomic mass is 10.1. The molecule has 2 N–H and O–H groups in total. The maximum Gasteiger partial charge on any atom is 0.242 e. The molecule has 2 aromatic rings. The molecule has 1 atom stereocenters. The van der Waals surface area contributed by atoms with Gasteiger partial charge >= 0.3 is 0 Å². The van der Waals surface area contributed by atoms with Crippen LogP contribution in [0.15, 0.2) is 24.3 Å². The van der Waals surface area contributed by atoms with E-state index in [0.717, 1.165) is 23.9 Å². The van der Waals surface area contributed by atoms with Gasteiger partial charge in [0, 0.05) is 0 Å². The Hall–Kier alpha value is -1.91. The van der Waals surface area contributed by atoms with Crippen molar-refractivity contribution in [3.05, 3.63) is 24.3 Å². The number of carbonyl (C=O) groups excluding carboxylic acids is 1. The Morgan fingerprint density at radius 2 is 2.24 bits per heavy atom. The molecule has 1 heterocycles. The molecule has 2 rings (SSSR count). The smallest absolute Gasteiger partial charge is 0.242 e. The molecular weight excluding hydrogens is 216 g/mol. The lowest BCUT2D eigenvalue weighted by Gasteiger charge is -2.13. The molecule has 1 aromatic heterocycles. The first-order chi connectivity index (χ1) is 8.24. The molecule has 1 unspecified atom stereocenters. The number of amides is 1. The van der Waals surface area contributed by atoms with Crippen LogP contribution in [0.2, 0.25) is 0 Å². The molecule has 0 saturated carbocycles. The molecule has 0 aliphatic carbocycles. The van der Waals surface area contributed by atoms with Crippen molar-refractivity contribution in [2.45, 2.75) is 32.2 Å². The summed E-state index contributed by atoms with van der Waals surface area (Å²) in [6, 6.07) is 7.17. The standard InChI is InChI=1S/C12H16N4O/c1-2-3-7-11(12(13)17)16-10-8-5-4-6-9(10)14-15-16/h4-6,8,11H,2-3,7H2,1H3,(H2,13,17). The van der Waals surface area contributed by atoms with E-state index in [1.807, 2.05) is 24.3 Å². The molecule has 5 heteroatoms. The maximum absolute atomic E-state index is 11.5. The molecule has 0 saturated heterocycles. The summed E-state index contributed by atoms with van der Waals surface area (Å²) in [5.74, 6) is -0.353. The Bertz CT molecular complexity index is 520. The predicted molar refractivity (Wildman–Crippen MR) is 65.3 cm³/mol. The van der Waals surface area contributed by atoms with E-state index in [2.05, 4.69) is 17.2 Å². The van der Waals surface area contributed by atoms with Crippen LogP contribution in [0.4, 0.5) is 0 Å². The van der Waals surface area contributed by atoms with Gasteiger partial charge < -0.3 is 5.73 Å². The molecule has 0 radical (unpaired) electrons. The number of para-hydroxylation sites is 1.